The van der Waals surface area contributed by atoms with E-state index in [9.17, 15) is 9.90 Å². The molecule has 0 radical (unpaired) electrons. The normalized spacial score (nSPS) is 11.3. The number of hydrogen-bond donors (Lipinski definition) is 2. The Morgan fingerprint density at radius 1 is 0.889 bits per heavy atom. The number of fused-ring (bicyclic) bond motifs is 1. The van der Waals surface area contributed by atoms with Crippen molar-refractivity contribution < 1.29 is 5.11 Å². The second kappa shape index (κ2) is 7.14. The van der Waals surface area contributed by atoms with Gasteiger partial charge in [0.1, 0.15) is 5.75 Å². The van der Waals surface area contributed by atoms with Crippen molar-refractivity contribution in [3.63, 3.8) is 0 Å². The standard InChI is InChI=1S/C23H16ClNO2/c24-17-12-13-19-20(14-17)25-23(27)21(22(19)26)18-9-5-4-8-16(18)11-10-15-6-2-1-3-7-15/h1-14H,(H2,25,26,27)/b11-10-. The summed E-state index contributed by atoms with van der Waals surface area (Å²) in [5.41, 5.74) is 2.96. The van der Waals surface area contributed by atoms with Crippen LogP contribution in [0.5, 0.6) is 5.75 Å². The molecule has 0 atom stereocenters. The van der Waals surface area contributed by atoms with Crippen molar-refractivity contribution >= 4 is 34.7 Å². The van der Waals surface area contributed by atoms with Gasteiger partial charge in [-0.3, -0.25) is 4.79 Å². The Labute approximate surface area is 161 Å². The lowest BCUT2D eigenvalue weighted by Gasteiger charge is -2.10. The average Bonchev–Trinajstić information content (AvgIpc) is 2.67. The van der Waals surface area contributed by atoms with Crippen molar-refractivity contribution in [2.75, 3.05) is 0 Å². The first-order valence-corrected chi connectivity index (χ1v) is 8.88. The smallest absolute Gasteiger partial charge is 0.260 e. The van der Waals surface area contributed by atoms with Gasteiger partial charge in [0.15, 0.2) is 0 Å². The topological polar surface area (TPSA) is 53.1 Å². The van der Waals surface area contributed by atoms with Gasteiger partial charge < -0.3 is 10.1 Å². The minimum atomic E-state index is -0.358. The summed E-state index contributed by atoms with van der Waals surface area (Å²) < 4.78 is 0. The summed E-state index contributed by atoms with van der Waals surface area (Å²) in [5.74, 6) is -0.0500. The zero-order valence-electron chi connectivity index (χ0n) is 14.3. The lowest BCUT2D eigenvalue weighted by Crippen LogP contribution is -2.10. The molecule has 0 aliphatic rings. The maximum Gasteiger partial charge on any atom is 0.260 e. The summed E-state index contributed by atoms with van der Waals surface area (Å²) in [7, 11) is 0. The van der Waals surface area contributed by atoms with E-state index in [0.29, 0.717) is 21.5 Å². The van der Waals surface area contributed by atoms with Crippen molar-refractivity contribution in [2.24, 2.45) is 0 Å². The van der Waals surface area contributed by atoms with Gasteiger partial charge in [0.25, 0.3) is 5.56 Å². The van der Waals surface area contributed by atoms with Crippen LogP contribution in [0.25, 0.3) is 34.2 Å². The molecule has 1 aromatic heterocycles. The number of benzene rings is 3. The van der Waals surface area contributed by atoms with Gasteiger partial charge in [0.05, 0.1) is 11.1 Å². The van der Waals surface area contributed by atoms with Crippen molar-refractivity contribution in [2.45, 2.75) is 0 Å². The Bertz CT molecular complexity index is 1210. The number of rotatable bonds is 3. The predicted octanol–water partition coefficient (Wildman–Crippen LogP) is 5.72. The zero-order valence-corrected chi connectivity index (χ0v) is 15.1. The number of aromatic amines is 1. The molecule has 132 valence electrons. The second-order valence-electron chi connectivity index (χ2n) is 6.20. The van der Waals surface area contributed by atoms with Gasteiger partial charge in [-0.15, -0.1) is 0 Å². The number of halogens is 1. The minimum absolute atomic E-state index is 0.0500. The van der Waals surface area contributed by atoms with Crippen LogP contribution in [0.1, 0.15) is 11.1 Å². The summed E-state index contributed by atoms with van der Waals surface area (Å²) in [6, 6.07) is 22.4. The quantitative estimate of drug-likeness (QED) is 0.451. The highest BCUT2D eigenvalue weighted by atomic mass is 35.5. The molecular weight excluding hydrogens is 358 g/mol. The summed E-state index contributed by atoms with van der Waals surface area (Å²) in [6.07, 6.45) is 3.92. The van der Waals surface area contributed by atoms with E-state index in [1.54, 1.807) is 18.2 Å². The third-order valence-electron chi connectivity index (χ3n) is 4.43. The number of pyridine rings is 1. The molecule has 3 nitrogen and oxygen atoms in total. The van der Waals surface area contributed by atoms with Gasteiger partial charge in [-0.2, -0.15) is 0 Å². The number of H-pyrrole nitrogens is 1. The van der Waals surface area contributed by atoms with Crippen molar-refractivity contribution in [3.05, 3.63) is 99.3 Å². The Kier molecular flexibility index (Phi) is 4.53. The number of hydrogen-bond acceptors (Lipinski definition) is 2. The molecule has 2 N–H and O–H groups in total. The van der Waals surface area contributed by atoms with E-state index in [-0.39, 0.29) is 16.9 Å². The van der Waals surface area contributed by atoms with Crippen LogP contribution in [-0.2, 0) is 0 Å². The lowest BCUT2D eigenvalue weighted by molar-refractivity contribution is 0.482. The number of nitrogens with one attached hydrogen (secondary N) is 1. The molecule has 3 aromatic carbocycles. The summed E-state index contributed by atoms with van der Waals surface area (Å²) in [4.78, 5) is 15.5. The monoisotopic (exact) mass is 373 g/mol. The van der Waals surface area contributed by atoms with E-state index >= 15 is 0 Å². The molecule has 27 heavy (non-hydrogen) atoms. The molecular formula is C23H16ClNO2. The van der Waals surface area contributed by atoms with Crippen LogP contribution in [0.3, 0.4) is 0 Å². The fraction of sp³-hybridized carbons (Fsp3) is 0. The van der Waals surface area contributed by atoms with E-state index in [1.807, 2.05) is 66.7 Å². The van der Waals surface area contributed by atoms with E-state index < -0.39 is 0 Å². The van der Waals surface area contributed by atoms with Gasteiger partial charge in [-0.1, -0.05) is 78.4 Å². The molecule has 0 bridgehead atoms. The second-order valence-corrected chi connectivity index (χ2v) is 6.64. The molecule has 0 amide bonds. The first-order chi connectivity index (χ1) is 13.1. The number of aromatic nitrogens is 1. The van der Waals surface area contributed by atoms with Crippen LogP contribution >= 0.6 is 11.6 Å². The molecule has 4 rings (SSSR count). The van der Waals surface area contributed by atoms with Crippen molar-refractivity contribution in [1.29, 1.82) is 0 Å². The predicted molar refractivity (Wildman–Crippen MR) is 112 cm³/mol. The molecule has 0 saturated carbocycles. The maximum absolute atomic E-state index is 12.7. The highest BCUT2D eigenvalue weighted by Crippen LogP contribution is 2.35. The third-order valence-corrected chi connectivity index (χ3v) is 4.67. The molecule has 4 heteroatoms. The Hall–Kier alpha value is -3.30. The van der Waals surface area contributed by atoms with Gasteiger partial charge in [0, 0.05) is 10.4 Å². The summed E-state index contributed by atoms with van der Waals surface area (Å²) >= 11 is 5.99. The summed E-state index contributed by atoms with van der Waals surface area (Å²) in [6.45, 7) is 0. The number of aromatic hydroxyl groups is 1. The lowest BCUT2D eigenvalue weighted by atomic mass is 9.97. The van der Waals surface area contributed by atoms with Gasteiger partial charge in [-0.05, 0) is 34.9 Å². The largest absolute Gasteiger partial charge is 0.506 e. The van der Waals surface area contributed by atoms with Crippen LogP contribution in [0.15, 0.2) is 77.6 Å². The average molecular weight is 374 g/mol. The van der Waals surface area contributed by atoms with Crippen molar-refractivity contribution in [3.8, 4) is 16.9 Å². The molecule has 1 heterocycles. The van der Waals surface area contributed by atoms with E-state index in [4.69, 9.17) is 11.6 Å². The van der Waals surface area contributed by atoms with Crippen LogP contribution < -0.4 is 5.56 Å². The van der Waals surface area contributed by atoms with Gasteiger partial charge >= 0.3 is 0 Å². The Morgan fingerprint density at radius 3 is 2.44 bits per heavy atom. The van der Waals surface area contributed by atoms with Crippen LogP contribution in [0.4, 0.5) is 0 Å². The first kappa shape index (κ1) is 17.1. The third kappa shape index (κ3) is 3.37. The zero-order chi connectivity index (χ0) is 18.8. The summed E-state index contributed by atoms with van der Waals surface area (Å²) in [5, 5.41) is 11.8. The highest BCUT2D eigenvalue weighted by molar-refractivity contribution is 6.31. The molecule has 4 aromatic rings. The maximum atomic E-state index is 12.7. The van der Waals surface area contributed by atoms with E-state index in [1.165, 1.54) is 0 Å². The molecule has 0 spiro atoms. The molecule has 0 aliphatic carbocycles. The van der Waals surface area contributed by atoms with E-state index in [2.05, 4.69) is 4.98 Å². The minimum Gasteiger partial charge on any atom is -0.506 e. The van der Waals surface area contributed by atoms with Crippen LogP contribution in [0, 0.1) is 0 Å². The fourth-order valence-corrected chi connectivity index (χ4v) is 3.30. The molecule has 0 saturated heterocycles. The van der Waals surface area contributed by atoms with Crippen LogP contribution in [0.2, 0.25) is 5.02 Å². The van der Waals surface area contributed by atoms with Gasteiger partial charge in [0.2, 0.25) is 0 Å². The molecule has 0 aliphatic heterocycles. The molecule has 0 fully saturated rings. The van der Waals surface area contributed by atoms with E-state index in [0.717, 1.165) is 11.1 Å². The Morgan fingerprint density at radius 2 is 1.63 bits per heavy atom. The van der Waals surface area contributed by atoms with Gasteiger partial charge in [-0.25, -0.2) is 0 Å². The fourth-order valence-electron chi connectivity index (χ4n) is 3.12. The van der Waals surface area contributed by atoms with Crippen LogP contribution in [-0.4, -0.2) is 10.1 Å². The van der Waals surface area contributed by atoms with Crippen molar-refractivity contribution in [1.82, 2.24) is 4.98 Å². The molecule has 0 unspecified atom stereocenters. The first-order valence-electron chi connectivity index (χ1n) is 8.50. The highest BCUT2D eigenvalue weighted by Gasteiger charge is 2.16. The Balaban J connectivity index is 1.89. The SMILES string of the molecule is O=c1[nH]c2cc(Cl)ccc2c(O)c1-c1ccccc1/C=C\c1ccccc1.